The van der Waals surface area contributed by atoms with Crippen molar-refractivity contribution in [3.8, 4) is 11.8 Å². The van der Waals surface area contributed by atoms with Crippen LogP contribution in [0.1, 0.15) is 35.4 Å². The Labute approximate surface area is 215 Å². The maximum absolute atomic E-state index is 13.5. The minimum Gasteiger partial charge on any atom is -0.489 e. The number of fused-ring (bicyclic) bond motifs is 1. The summed E-state index contributed by atoms with van der Waals surface area (Å²) in [6.45, 7) is 5.46. The van der Waals surface area contributed by atoms with Crippen molar-refractivity contribution in [2.24, 2.45) is 11.8 Å². The molecular formula is C29H29N5O3. The number of para-hydroxylation sites is 1. The fourth-order valence-corrected chi connectivity index (χ4v) is 5.30. The molecule has 2 aromatic carbocycles. The van der Waals surface area contributed by atoms with Crippen molar-refractivity contribution in [2.75, 3.05) is 29.9 Å². The van der Waals surface area contributed by atoms with E-state index in [1.165, 1.54) is 5.56 Å². The number of carbonyl (C=O) groups excluding carboxylic acids is 1. The Balaban J connectivity index is 1.43. The summed E-state index contributed by atoms with van der Waals surface area (Å²) in [6, 6.07) is 19.7. The van der Waals surface area contributed by atoms with E-state index in [-0.39, 0.29) is 23.5 Å². The van der Waals surface area contributed by atoms with E-state index in [0.717, 1.165) is 32.4 Å². The Bertz CT molecular complexity index is 1390. The van der Waals surface area contributed by atoms with Crippen molar-refractivity contribution in [3.05, 3.63) is 94.3 Å². The number of nitriles is 1. The average molecular weight is 496 g/mol. The van der Waals surface area contributed by atoms with Crippen LogP contribution in [0.5, 0.6) is 5.75 Å². The van der Waals surface area contributed by atoms with Gasteiger partial charge < -0.3 is 15.0 Å². The highest BCUT2D eigenvalue weighted by atomic mass is 16.5. The summed E-state index contributed by atoms with van der Waals surface area (Å²) in [7, 11) is 0. The van der Waals surface area contributed by atoms with Gasteiger partial charge in [-0.05, 0) is 36.8 Å². The lowest BCUT2D eigenvalue weighted by atomic mass is 9.79. The molecule has 0 saturated carbocycles. The first-order valence-electron chi connectivity index (χ1n) is 12.5. The van der Waals surface area contributed by atoms with E-state index in [4.69, 9.17) is 4.74 Å². The first kappa shape index (κ1) is 24.3. The molecule has 1 amide bonds. The number of aromatic nitrogens is 2. The number of ether oxygens (including phenoxy) is 1. The molecule has 2 N–H and O–H groups in total. The van der Waals surface area contributed by atoms with Crippen molar-refractivity contribution in [1.82, 2.24) is 9.97 Å². The van der Waals surface area contributed by atoms with Crippen molar-refractivity contribution < 1.29 is 9.53 Å². The minimum atomic E-state index is -1.09. The Morgan fingerprint density at radius 1 is 1.11 bits per heavy atom. The van der Waals surface area contributed by atoms with Crippen LogP contribution in [0.2, 0.25) is 0 Å². The van der Waals surface area contributed by atoms with Crippen molar-refractivity contribution >= 4 is 17.7 Å². The number of aromatic amines is 1. The molecule has 1 saturated heterocycles. The zero-order valence-corrected chi connectivity index (χ0v) is 20.5. The van der Waals surface area contributed by atoms with E-state index >= 15 is 0 Å². The average Bonchev–Trinajstić information content (AvgIpc) is 2.92. The maximum atomic E-state index is 13.5. The molecule has 188 valence electrons. The number of rotatable bonds is 7. The predicted molar refractivity (Wildman–Crippen MR) is 142 cm³/mol. The van der Waals surface area contributed by atoms with Gasteiger partial charge in [0.1, 0.15) is 24.1 Å². The molecule has 8 heteroatoms. The number of H-pyrrole nitrogens is 1. The van der Waals surface area contributed by atoms with E-state index in [0.29, 0.717) is 23.2 Å². The number of piperidine rings is 1. The molecule has 8 nitrogen and oxygen atoms in total. The quantitative estimate of drug-likeness (QED) is 0.479. The number of carbonyl (C=O) groups is 1. The zero-order valence-electron chi connectivity index (χ0n) is 20.5. The highest BCUT2D eigenvalue weighted by Crippen LogP contribution is 2.42. The molecule has 0 radical (unpaired) electrons. The van der Waals surface area contributed by atoms with E-state index in [1.54, 1.807) is 30.3 Å². The Hall–Kier alpha value is -4.38. The van der Waals surface area contributed by atoms with Gasteiger partial charge in [0.25, 0.3) is 5.56 Å². The molecule has 2 aliphatic rings. The lowest BCUT2D eigenvalue weighted by Gasteiger charge is -2.34. The van der Waals surface area contributed by atoms with Crippen LogP contribution in [0.4, 0.5) is 11.8 Å². The number of hydrogen-bond acceptors (Lipinski definition) is 6. The zero-order chi connectivity index (χ0) is 25.8. The summed E-state index contributed by atoms with van der Waals surface area (Å²) in [5.41, 5.74) is 1.83. The van der Waals surface area contributed by atoms with Gasteiger partial charge in [0.15, 0.2) is 0 Å². The van der Waals surface area contributed by atoms with Crippen LogP contribution < -0.4 is 20.5 Å². The fraction of sp³-hybridized carbons (Fsp3) is 0.310. The third-order valence-corrected chi connectivity index (χ3v) is 7.14. The molecule has 3 heterocycles. The molecular weight excluding hydrogens is 466 g/mol. The minimum absolute atomic E-state index is 0.199. The van der Waals surface area contributed by atoms with E-state index in [2.05, 4.69) is 57.1 Å². The lowest BCUT2D eigenvalue weighted by Crippen LogP contribution is -2.41. The Morgan fingerprint density at radius 2 is 1.84 bits per heavy atom. The van der Waals surface area contributed by atoms with Gasteiger partial charge in [0.2, 0.25) is 11.9 Å². The molecule has 2 unspecified atom stereocenters. The van der Waals surface area contributed by atoms with Gasteiger partial charge in [-0.15, -0.1) is 0 Å². The van der Waals surface area contributed by atoms with Gasteiger partial charge in [-0.1, -0.05) is 61.2 Å². The molecule has 3 aromatic rings. The monoisotopic (exact) mass is 495 g/mol. The molecule has 1 aromatic heterocycles. The number of nitrogens with one attached hydrogen (secondary N) is 2. The van der Waals surface area contributed by atoms with Crippen molar-refractivity contribution in [1.29, 1.82) is 5.26 Å². The normalized spacial score (nSPS) is 19.4. The first-order valence-corrected chi connectivity index (χ1v) is 12.5. The molecule has 0 bridgehead atoms. The van der Waals surface area contributed by atoms with Crippen LogP contribution in [0.15, 0.2) is 72.0 Å². The van der Waals surface area contributed by atoms with Gasteiger partial charge in [-0.2, -0.15) is 10.2 Å². The van der Waals surface area contributed by atoms with E-state index in [9.17, 15) is 14.9 Å². The van der Waals surface area contributed by atoms with E-state index in [1.807, 2.05) is 6.07 Å². The third-order valence-electron chi connectivity index (χ3n) is 7.14. The standard InChI is InChI=1S/C29H29N5O3/c1-2-16-37-23-11-7-6-10-21(23)24-22(18-30)27(35)31-26-25(24)28(36)33-29(32-26)34-14-12-20(13-15-34)17-19-8-4-3-5-9-19/h2-11,20,22,24H,1,12-17H2,(H2,31,32,33,35,36). The highest BCUT2D eigenvalue weighted by molar-refractivity contribution is 5.98. The van der Waals surface area contributed by atoms with Gasteiger partial charge in [0, 0.05) is 24.6 Å². The van der Waals surface area contributed by atoms with Gasteiger partial charge in [0.05, 0.1) is 11.6 Å². The van der Waals surface area contributed by atoms with E-state index < -0.39 is 17.7 Å². The largest absolute Gasteiger partial charge is 0.489 e. The molecule has 2 aliphatic heterocycles. The van der Waals surface area contributed by atoms with Crippen LogP contribution in [-0.2, 0) is 11.2 Å². The Kier molecular flexibility index (Phi) is 7.04. The summed E-state index contributed by atoms with van der Waals surface area (Å²) < 4.78 is 5.79. The topological polar surface area (TPSA) is 111 Å². The number of nitrogens with zero attached hydrogens (tertiary/aromatic N) is 3. The SMILES string of the molecule is C=CCOc1ccccc1C1c2c(nc(N3CCC(Cc4ccccc4)CC3)[nH]c2=O)NC(=O)C1C#N. The van der Waals surface area contributed by atoms with Gasteiger partial charge in [-0.3, -0.25) is 14.6 Å². The molecule has 1 fully saturated rings. The summed E-state index contributed by atoms with van der Waals surface area (Å²) in [6.07, 6.45) is 4.61. The Morgan fingerprint density at radius 3 is 2.57 bits per heavy atom. The lowest BCUT2D eigenvalue weighted by molar-refractivity contribution is -0.119. The molecule has 37 heavy (non-hydrogen) atoms. The van der Waals surface area contributed by atoms with Gasteiger partial charge in [-0.25, -0.2) is 0 Å². The van der Waals surface area contributed by atoms with Crippen LogP contribution in [-0.4, -0.2) is 35.6 Å². The maximum Gasteiger partial charge on any atom is 0.258 e. The van der Waals surface area contributed by atoms with Crippen LogP contribution in [0, 0.1) is 23.2 Å². The number of benzene rings is 2. The fourth-order valence-electron chi connectivity index (χ4n) is 5.30. The second kappa shape index (κ2) is 10.7. The molecule has 5 rings (SSSR count). The summed E-state index contributed by atoms with van der Waals surface area (Å²) in [5.74, 6) is -0.685. The molecule has 0 aliphatic carbocycles. The van der Waals surface area contributed by atoms with Crippen molar-refractivity contribution in [2.45, 2.75) is 25.2 Å². The highest BCUT2D eigenvalue weighted by Gasteiger charge is 2.41. The molecule has 0 spiro atoms. The third kappa shape index (κ3) is 4.98. The second-order valence-corrected chi connectivity index (χ2v) is 9.48. The summed E-state index contributed by atoms with van der Waals surface area (Å²) in [5, 5.41) is 12.6. The van der Waals surface area contributed by atoms with Gasteiger partial charge >= 0.3 is 0 Å². The summed E-state index contributed by atoms with van der Waals surface area (Å²) >= 11 is 0. The van der Waals surface area contributed by atoms with Crippen molar-refractivity contribution in [3.63, 3.8) is 0 Å². The number of hydrogen-bond donors (Lipinski definition) is 2. The number of anilines is 2. The predicted octanol–water partition coefficient (Wildman–Crippen LogP) is 4.02. The van der Waals surface area contributed by atoms with Crippen LogP contribution >= 0.6 is 0 Å². The van der Waals surface area contributed by atoms with Crippen LogP contribution in [0.25, 0.3) is 0 Å². The summed E-state index contributed by atoms with van der Waals surface area (Å²) in [4.78, 5) is 36.1. The number of amides is 1. The molecule has 2 atom stereocenters. The first-order chi connectivity index (χ1) is 18.1. The van der Waals surface area contributed by atoms with Crippen LogP contribution in [0.3, 0.4) is 0 Å². The smallest absolute Gasteiger partial charge is 0.258 e. The second-order valence-electron chi connectivity index (χ2n) is 9.48.